The lowest BCUT2D eigenvalue weighted by atomic mass is 10.1. The Labute approximate surface area is 116 Å². The number of hydrogen-bond donors (Lipinski definition) is 1. The van der Waals surface area contributed by atoms with Crippen LogP contribution < -0.4 is 5.32 Å². The third-order valence-electron chi connectivity index (χ3n) is 2.62. The second kappa shape index (κ2) is 6.08. The van der Waals surface area contributed by atoms with Crippen LogP contribution in [0.5, 0.6) is 0 Å². The van der Waals surface area contributed by atoms with Gasteiger partial charge in [-0.3, -0.25) is 0 Å². The van der Waals surface area contributed by atoms with Gasteiger partial charge in [0.15, 0.2) is 5.82 Å². The second-order valence-electron chi connectivity index (χ2n) is 4.08. The van der Waals surface area contributed by atoms with Gasteiger partial charge in [-0.15, -0.1) is 0 Å². The minimum Gasteiger partial charge on any atom is -0.377 e. The van der Waals surface area contributed by atoms with Crippen LogP contribution in [-0.2, 0) is 11.3 Å². The summed E-state index contributed by atoms with van der Waals surface area (Å²) < 4.78 is 18.5. The van der Waals surface area contributed by atoms with Crippen molar-refractivity contribution in [1.82, 2.24) is 9.97 Å². The molecule has 1 aromatic carbocycles. The van der Waals surface area contributed by atoms with Crippen LogP contribution in [0.25, 0.3) is 11.3 Å². The number of aromatic nitrogens is 2. The maximum absolute atomic E-state index is 13.5. The number of nitrogens with one attached hydrogen (secondary N) is 1. The maximum atomic E-state index is 13.5. The first kappa shape index (κ1) is 13.9. The third kappa shape index (κ3) is 3.08. The molecule has 0 spiro atoms. The van der Waals surface area contributed by atoms with E-state index in [0.717, 1.165) is 0 Å². The molecule has 2 rings (SSSR count). The van der Waals surface area contributed by atoms with Crippen molar-refractivity contribution in [2.45, 2.75) is 6.61 Å². The Morgan fingerprint density at radius 2 is 2.10 bits per heavy atom. The van der Waals surface area contributed by atoms with Crippen molar-refractivity contribution >= 4 is 5.82 Å². The number of halogens is 1. The van der Waals surface area contributed by atoms with Crippen LogP contribution in [-0.4, -0.2) is 24.1 Å². The van der Waals surface area contributed by atoms with Crippen LogP contribution in [0, 0.1) is 17.1 Å². The molecular weight excluding hydrogens is 259 g/mol. The predicted octanol–water partition coefficient (Wildman–Crippen LogP) is 2.34. The summed E-state index contributed by atoms with van der Waals surface area (Å²) in [5.74, 6) is 0.610. The minimum atomic E-state index is -0.475. The van der Waals surface area contributed by atoms with Gasteiger partial charge in [0.05, 0.1) is 17.3 Å². The van der Waals surface area contributed by atoms with Crippen molar-refractivity contribution in [3.05, 3.63) is 41.5 Å². The van der Waals surface area contributed by atoms with Gasteiger partial charge in [-0.2, -0.15) is 5.26 Å². The van der Waals surface area contributed by atoms with E-state index in [0.29, 0.717) is 22.9 Å². The van der Waals surface area contributed by atoms with E-state index in [4.69, 9.17) is 10.00 Å². The predicted molar refractivity (Wildman–Crippen MR) is 72.4 cm³/mol. The molecule has 6 heteroatoms. The lowest BCUT2D eigenvalue weighted by Gasteiger charge is -2.08. The average molecular weight is 272 g/mol. The van der Waals surface area contributed by atoms with E-state index >= 15 is 0 Å². The summed E-state index contributed by atoms with van der Waals surface area (Å²) in [6, 6.07) is 7.71. The highest BCUT2D eigenvalue weighted by molar-refractivity contribution is 5.64. The average Bonchev–Trinajstić information content (AvgIpc) is 2.46. The van der Waals surface area contributed by atoms with Crippen LogP contribution in [0.1, 0.15) is 11.4 Å². The van der Waals surface area contributed by atoms with Crippen LogP contribution in [0.15, 0.2) is 24.3 Å². The molecule has 0 amide bonds. The molecule has 0 aliphatic heterocycles. The fourth-order valence-corrected chi connectivity index (χ4v) is 1.77. The number of anilines is 1. The summed E-state index contributed by atoms with van der Waals surface area (Å²) in [6.45, 7) is 0.253. The fraction of sp³-hybridized carbons (Fsp3) is 0.214. The first-order valence-electron chi connectivity index (χ1n) is 5.92. The highest BCUT2D eigenvalue weighted by Gasteiger charge is 2.08. The summed E-state index contributed by atoms with van der Waals surface area (Å²) >= 11 is 0. The number of methoxy groups -OCH3 is 1. The molecule has 0 saturated carbocycles. The number of nitriles is 1. The smallest absolute Gasteiger partial charge is 0.157 e. The van der Waals surface area contributed by atoms with Gasteiger partial charge in [0, 0.05) is 25.8 Å². The molecule has 0 unspecified atom stereocenters. The van der Waals surface area contributed by atoms with Crippen molar-refractivity contribution in [3.8, 4) is 17.3 Å². The van der Waals surface area contributed by atoms with Crippen LogP contribution >= 0.6 is 0 Å². The molecule has 0 atom stereocenters. The van der Waals surface area contributed by atoms with Crippen LogP contribution in [0.4, 0.5) is 10.2 Å². The molecule has 1 N–H and O–H groups in total. The molecule has 0 radical (unpaired) electrons. The number of ether oxygens (including phenoxy) is 1. The molecule has 20 heavy (non-hydrogen) atoms. The van der Waals surface area contributed by atoms with E-state index in [1.807, 2.05) is 6.07 Å². The standard InChI is InChI=1S/C14H13FN4O/c1-17-13-6-12(18-14(19-13)8-20-2)10-3-9(7-16)4-11(15)5-10/h3-6H,8H2,1-2H3,(H,17,18,19). The SMILES string of the molecule is CNc1cc(-c2cc(F)cc(C#N)c2)nc(COC)n1. The molecule has 5 nitrogen and oxygen atoms in total. The number of nitrogens with zero attached hydrogens (tertiary/aromatic N) is 3. The largest absolute Gasteiger partial charge is 0.377 e. The summed E-state index contributed by atoms with van der Waals surface area (Å²) in [4.78, 5) is 8.53. The Morgan fingerprint density at radius 3 is 2.75 bits per heavy atom. The van der Waals surface area contributed by atoms with Crippen LogP contribution in [0.3, 0.4) is 0 Å². The van der Waals surface area contributed by atoms with Gasteiger partial charge < -0.3 is 10.1 Å². The number of rotatable bonds is 4. The summed E-state index contributed by atoms with van der Waals surface area (Å²) in [7, 11) is 3.28. The molecule has 102 valence electrons. The van der Waals surface area contributed by atoms with Gasteiger partial charge in [0.25, 0.3) is 0 Å². The molecular formula is C14H13FN4O. The minimum absolute atomic E-state index is 0.248. The summed E-state index contributed by atoms with van der Waals surface area (Å²) in [6.07, 6.45) is 0. The van der Waals surface area contributed by atoms with Gasteiger partial charge in [-0.05, 0) is 18.2 Å². The molecule has 1 aromatic heterocycles. The van der Waals surface area contributed by atoms with Gasteiger partial charge in [0.1, 0.15) is 18.2 Å². The van der Waals surface area contributed by atoms with Crippen molar-refractivity contribution in [1.29, 1.82) is 5.26 Å². The van der Waals surface area contributed by atoms with Gasteiger partial charge in [-0.25, -0.2) is 14.4 Å². The van der Waals surface area contributed by atoms with E-state index in [1.54, 1.807) is 26.3 Å². The summed E-state index contributed by atoms with van der Waals surface area (Å²) in [5.41, 5.74) is 1.31. The Hall–Kier alpha value is -2.52. The van der Waals surface area contributed by atoms with E-state index < -0.39 is 5.82 Å². The second-order valence-corrected chi connectivity index (χ2v) is 4.08. The number of hydrogen-bond acceptors (Lipinski definition) is 5. The monoisotopic (exact) mass is 272 g/mol. The zero-order valence-electron chi connectivity index (χ0n) is 11.1. The molecule has 0 saturated heterocycles. The quantitative estimate of drug-likeness (QED) is 0.925. The zero-order valence-corrected chi connectivity index (χ0v) is 11.1. The number of benzene rings is 1. The van der Waals surface area contributed by atoms with Gasteiger partial charge >= 0.3 is 0 Å². The van der Waals surface area contributed by atoms with Crippen molar-refractivity contribution in [2.75, 3.05) is 19.5 Å². The van der Waals surface area contributed by atoms with E-state index in [-0.39, 0.29) is 12.2 Å². The van der Waals surface area contributed by atoms with E-state index in [9.17, 15) is 4.39 Å². The lowest BCUT2D eigenvalue weighted by molar-refractivity contribution is 0.178. The zero-order chi connectivity index (χ0) is 14.5. The first-order valence-corrected chi connectivity index (χ1v) is 5.92. The molecule has 2 aromatic rings. The Balaban J connectivity index is 2.54. The Bertz CT molecular complexity index is 667. The van der Waals surface area contributed by atoms with E-state index in [1.165, 1.54) is 12.1 Å². The van der Waals surface area contributed by atoms with Gasteiger partial charge in [0.2, 0.25) is 0 Å². The maximum Gasteiger partial charge on any atom is 0.157 e. The highest BCUT2D eigenvalue weighted by Crippen LogP contribution is 2.22. The van der Waals surface area contributed by atoms with E-state index in [2.05, 4.69) is 15.3 Å². The molecule has 1 heterocycles. The first-order chi connectivity index (χ1) is 9.66. The molecule has 0 aliphatic carbocycles. The normalized spacial score (nSPS) is 10.1. The highest BCUT2D eigenvalue weighted by atomic mass is 19.1. The van der Waals surface area contributed by atoms with Crippen LogP contribution in [0.2, 0.25) is 0 Å². The van der Waals surface area contributed by atoms with Gasteiger partial charge in [-0.1, -0.05) is 0 Å². The lowest BCUT2D eigenvalue weighted by Crippen LogP contribution is -2.03. The van der Waals surface area contributed by atoms with Crippen molar-refractivity contribution < 1.29 is 9.13 Å². The summed E-state index contributed by atoms with van der Waals surface area (Å²) in [5, 5.41) is 11.8. The fourth-order valence-electron chi connectivity index (χ4n) is 1.77. The van der Waals surface area contributed by atoms with Crippen molar-refractivity contribution in [3.63, 3.8) is 0 Å². The molecule has 0 bridgehead atoms. The Morgan fingerprint density at radius 1 is 1.30 bits per heavy atom. The molecule has 0 fully saturated rings. The molecule has 0 aliphatic rings. The Kier molecular flexibility index (Phi) is 4.23. The third-order valence-corrected chi connectivity index (χ3v) is 2.62. The topological polar surface area (TPSA) is 70.8 Å². The van der Waals surface area contributed by atoms with Crippen molar-refractivity contribution in [2.24, 2.45) is 0 Å².